The normalized spacial score (nSPS) is 22.0. The van der Waals surface area contributed by atoms with Crippen molar-refractivity contribution in [2.45, 2.75) is 30.2 Å². The summed E-state index contributed by atoms with van der Waals surface area (Å²) < 4.78 is 32.8. The van der Waals surface area contributed by atoms with Crippen molar-refractivity contribution in [1.82, 2.24) is 9.21 Å². The molecule has 150 valence electrons. The van der Waals surface area contributed by atoms with Crippen molar-refractivity contribution in [3.63, 3.8) is 0 Å². The number of hydrogen-bond acceptors (Lipinski definition) is 4. The molecule has 2 heterocycles. The zero-order valence-corrected chi connectivity index (χ0v) is 17.4. The fourth-order valence-corrected chi connectivity index (χ4v) is 6.14. The summed E-state index contributed by atoms with van der Waals surface area (Å²) in [5, 5.41) is 0. The Bertz CT molecular complexity index is 919. The Balaban J connectivity index is 1.49. The summed E-state index contributed by atoms with van der Waals surface area (Å²) in [6.07, 6.45) is 2.87. The quantitative estimate of drug-likeness (QED) is 0.790. The fraction of sp³-hybridized carbons (Fsp3) is 0.455. The highest BCUT2D eigenvalue weighted by Crippen LogP contribution is 2.39. The molecule has 0 aromatic heterocycles. The van der Waals surface area contributed by atoms with E-state index in [1.54, 1.807) is 35.7 Å². The van der Waals surface area contributed by atoms with Crippen LogP contribution >= 0.6 is 0 Å². The van der Waals surface area contributed by atoms with Gasteiger partial charge in [-0.1, -0.05) is 24.3 Å². The molecule has 1 saturated heterocycles. The highest BCUT2D eigenvalue weighted by Gasteiger charge is 2.36. The predicted molar refractivity (Wildman–Crippen MR) is 110 cm³/mol. The van der Waals surface area contributed by atoms with Gasteiger partial charge in [0.25, 0.3) is 0 Å². The second-order valence-electron chi connectivity index (χ2n) is 7.79. The van der Waals surface area contributed by atoms with Gasteiger partial charge in [-0.05, 0) is 67.6 Å². The van der Waals surface area contributed by atoms with Crippen molar-refractivity contribution in [1.29, 1.82) is 0 Å². The van der Waals surface area contributed by atoms with E-state index in [4.69, 9.17) is 4.74 Å². The first-order chi connectivity index (χ1) is 13.5. The third kappa shape index (κ3) is 3.56. The summed E-state index contributed by atoms with van der Waals surface area (Å²) in [5.41, 5.74) is 2.87. The van der Waals surface area contributed by atoms with E-state index in [0.29, 0.717) is 35.7 Å². The minimum Gasteiger partial charge on any atom is -0.497 e. The molecular weight excluding hydrogens is 372 g/mol. The first-order valence-corrected chi connectivity index (χ1v) is 11.4. The lowest BCUT2D eigenvalue weighted by Crippen LogP contribution is -2.44. The van der Waals surface area contributed by atoms with Gasteiger partial charge in [-0.2, -0.15) is 4.31 Å². The minimum atomic E-state index is -3.45. The third-order valence-electron chi connectivity index (χ3n) is 6.22. The second kappa shape index (κ2) is 7.85. The Morgan fingerprint density at radius 3 is 2.32 bits per heavy atom. The summed E-state index contributed by atoms with van der Waals surface area (Å²) >= 11 is 0. The van der Waals surface area contributed by atoms with Gasteiger partial charge in [0.1, 0.15) is 5.75 Å². The third-order valence-corrected chi connectivity index (χ3v) is 8.14. The van der Waals surface area contributed by atoms with Crippen molar-refractivity contribution >= 4 is 10.0 Å². The van der Waals surface area contributed by atoms with Crippen molar-refractivity contribution in [3.05, 3.63) is 59.7 Å². The number of benzene rings is 2. The summed E-state index contributed by atoms with van der Waals surface area (Å²) in [7, 11) is 0.323. The topological polar surface area (TPSA) is 49.9 Å². The minimum absolute atomic E-state index is 0.340. The van der Waals surface area contributed by atoms with E-state index in [-0.39, 0.29) is 0 Å². The van der Waals surface area contributed by atoms with Crippen LogP contribution in [0.15, 0.2) is 53.4 Å². The number of likely N-dealkylation sites (N-methyl/N-ethyl adjacent to an activating group) is 1. The van der Waals surface area contributed by atoms with Crippen LogP contribution in [0.3, 0.4) is 0 Å². The Kier molecular flexibility index (Phi) is 5.45. The van der Waals surface area contributed by atoms with Crippen LogP contribution in [0, 0.1) is 5.92 Å². The predicted octanol–water partition coefficient (Wildman–Crippen LogP) is 3.33. The Labute approximate surface area is 168 Å². The molecule has 0 bridgehead atoms. The van der Waals surface area contributed by atoms with E-state index in [1.807, 2.05) is 0 Å². The molecule has 2 aromatic carbocycles. The fourth-order valence-electron chi connectivity index (χ4n) is 4.67. The molecule has 0 amide bonds. The van der Waals surface area contributed by atoms with Crippen molar-refractivity contribution in [3.8, 4) is 5.75 Å². The van der Waals surface area contributed by atoms with Gasteiger partial charge in [0.2, 0.25) is 10.0 Å². The molecule has 0 spiro atoms. The number of sulfonamides is 1. The van der Waals surface area contributed by atoms with Gasteiger partial charge in [-0.3, -0.25) is 4.90 Å². The molecule has 1 fully saturated rings. The number of nitrogens with zero attached hydrogens (tertiary/aromatic N) is 2. The molecular formula is C22H28N2O3S. The Morgan fingerprint density at radius 2 is 1.64 bits per heavy atom. The van der Waals surface area contributed by atoms with Gasteiger partial charge < -0.3 is 4.74 Å². The number of hydrogen-bond donors (Lipinski definition) is 0. The molecule has 1 unspecified atom stereocenters. The van der Waals surface area contributed by atoms with Gasteiger partial charge in [0, 0.05) is 25.7 Å². The van der Waals surface area contributed by atoms with Crippen LogP contribution < -0.4 is 4.74 Å². The lowest BCUT2D eigenvalue weighted by atomic mass is 9.80. The maximum atomic E-state index is 13.0. The molecule has 28 heavy (non-hydrogen) atoms. The molecule has 5 nitrogen and oxygen atoms in total. The number of ether oxygens (including phenoxy) is 1. The maximum Gasteiger partial charge on any atom is 0.243 e. The van der Waals surface area contributed by atoms with Crippen LogP contribution in [0.5, 0.6) is 5.75 Å². The summed E-state index contributed by atoms with van der Waals surface area (Å²) in [6.45, 7) is 2.21. The maximum absolute atomic E-state index is 13.0. The average Bonchev–Trinajstić information content (AvgIpc) is 2.74. The summed E-state index contributed by atoms with van der Waals surface area (Å²) in [5.74, 6) is 1.14. The van der Waals surface area contributed by atoms with Gasteiger partial charge in [0.15, 0.2) is 0 Å². The SMILES string of the molecule is COc1ccc(S(=O)(=O)N2CCC(C3c4ccccc4CCN3C)CC2)cc1. The summed E-state index contributed by atoms with van der Waals surface area (Å²) in [6, 6.07) is 15.8. The van der Waals surface area contributed by atoms with Crippen molar-refractivity contribution in [2.75, 3.05) is 33.8 Å². The highest BCUT2D eigenvalue weighted by atomic mass is 32.2. The molecule has 6 heteroatoms. The van der Waals surface area contributed by atoms with Crippen LogP contribution in [-0.4, -0.2) is 51.4 Å². The molecule has 2 aliphatic heterocycles. The number of piperidine rings is 1. The number of methoxy groups -OCH3 is 1. The van der Waals surface area contributed by atoms with Gasteiger partial charge >= 0.3 is 0 Å². The zero-order valence-electron chi connectivity index (χ0n) is 16.5. The van der Waals surface area contributed by atoms with Crippen LogP contribution in [0.1, 0.15) is 30.0 Å². The molecule has 4 rings (SSSR count). The monoisotopic (exact) mass is 400 g/mol. The van der Waals surface area contributed by atoms with E-state index in [0.717, 1.165) is 25.8 Å². The first kappa shape index (κ1) is 19.4. The molecule has 2 aliphatic rings. The molecule has 0 aliphatic carbocycles. The lowest BCUT2D eigenvalue weighted by molar-refractivity contribution is 0.122. The molecule has 1 atom stereocenters. The lowest BCUT2D eigenvalue weighted by Gasteiger charge is -2.42. The molecule has 0 radical (unpaired) electrons. The van der Waals surface area contributed by atoms with Crippen LogP contribution in [0.25, 0.3) is 0 Å². The Hall–Kier alpha value is -1.89. The second-order valence-corrected chi connectivity index (χ2v) is 9.73. The first-order valence-electron chi connectivity index (χ1n) is 9.93. The molecule has 0 N–H and O–H groups in total. The number of fused-ring (bicyclic) bond motifs is 1. The largest absolute Gasteiger partial charge is 0.497 e. The van der Waals surface area contributed by atoms with E-state index < -0.39 is 10.0 Å². The van der Waals surface area contributed by atoms with Crippen LogP contribution in [-0.2, 0) is 16.4 Å². The molecule has 2 aromatic rings. The summed E-state index contributed by atoms with van der Waals surface area (Å²) in [4.78, 5) is 2.78. The number of rotatable bonds is 4. The van der Waals surface area contributed by atoms with E-state index >= 15 is 0 Å². The Morgan fingerprint density at radius 1 is 0.964 bits per heavy atom. The zero-order chi connectivity index (χ0) is 19.7. The van der Waals surface area contributed by atoms with Gasteiger partial charge in [-0.25, -0.2) is 8.42 Å². The van der Waals surface area contributed by atoms with E-state index in [9.17, 15) is 8.42 Å². The highest BCUT2D eigenvalue weighted by molar-refractivity contribution is 7.89. The van der Waals surface area contributed by atoms with E-state index in [1.165, 1.54) is 11.1 Å². The van der Waals surface area contributed by atoms with Gasteiger partial charge in [0.05, 0.1) is 12.0 Å². The van der Waals surface area contributed by atoms with Crippen molar-refractivity contribution in [2.24, 2.45) is 5.92 Å². The smallest absolute Gasteiger partial charge is 0.243 e. The van der Waals surface area contributed by atoms with E-state index in [2.05, 4.69) is 36.2 Å². The van der Waals surface area contributed by atoms with Crippen LogP contribution in [0.2, 0.25) is 0 Å². The van der Waals surface area contributed by atoms with Gasteiger partial charge in [-0.15, -0.1) is 0 Å². The molecule has 0 saturated carbocycles. The van der Waals surface area contributed by atoms with Crippen LogP contribution in [0.4, 0.5) is 0 Å². The standard InChI is InChI=1S/C22H28N2O3S/c1-23-14-11-17-5-3-4-6-21(17)22(23)18-12-15-24(16-13-18)28(25,26)20-9-7-19(27-2)8-10-20/h3-10,18,22H,11-16H2,1-2H3. The average molecular weight is 401 g/mol. The van der Waals surface area contributed by atoms with Crippen molar-refractivity contribution < 1.29 is 13.2 Å².